The van der Waals surface area contributed by atoms with Gasteiger partial charge in [-0.15, -0.1) is 0 Å². The molecule has 84 valence electrons. The maximum Gasteiger partial charge on any atom is 0.243 e. The number of rotatable bonds is 3. The molecule has 1 aliphatic heterocycles. The molecule has 1 aliphatic rings. The van der Waals surface area contributed by atoms with E-state index >= 15 is 0 Å². The molecular formula is C12H13NO3. The van der Waals surface area contributed by atoms with Crippen molar-refractivity contribution in [1.29, 1.82) is 0 Å². The summed E-state index contributed by atoms with van der Waals surface area (Å²) < 4.78 is 10.4. The lowest BCUT2D eigenvalue weighted by molar-refractivity contribution is -0.116. The van der Waals surface area contributed by atoms with Crippen molar-refractivity contribution in [3.8, 4) is 11.5 Å². The number of nitrogens with one attached hydrogen (secondary N) is 1. The van der Waals surface area contributed by atoms with Gasteiger partial charge < -0.3 is 14.8 Å². The average molecular weight is 219 g/mol. The van der Waals surface area contributed by atoms with E-state index in [0.717, 1.165) is 17.1 Å². The van der Waals surface area contributed by atoms with Crippen LogP contribution in [0.4, 0.5) is 0 Å². The van der Waals surface area contributed by atoms with E-state index in [4.69, 9.17) is 9.47 Å². The second-order valence-electron chi connectivity index (χ2n) is 3.41. The zero-order chi connectivity index (χ0) is 11.4. The number of allylic oxidation sites excluding steroid dienone is 1. The molecule has 0 aliphatic carbocycles. The smallest absolute Gasteiger partial charge is 0.243 e. The minimum Gasteiger partial charge on any atom is -0.454 e. The highest BCUT2D eigenvalue weighted by atomic mass is 16.7. The van der Waals surface area contributed by atoms with Crippen molar-refractivity contribution in [2.75, 3.05) is 6.79 Å². The molecule has 16 heavy (non-hydrogen) atoms. The molecule has 1 aromatic rings. The summed E-state index contributed by atoms with van der Waals surface area (Å²) in [5, 5.41) is 2.77. The van der Waals surface area contributed by atoms with Gasteiger partial charge >= 0.3 is 0 Å². The predicted octanol–water partition coefficient (Wildman–Crippen LogP) is 1.61. The van der Waals surface area contributed by atoms with Gasteiger partial charge in [0.1, 0.15) is 0 Å². The van der Waals surface area contributed by atoms with Crippen LogP contribution in [0, 0.1) is 0 Å². The van der Waals surface area contributed by atoms with Gasteiger partial charge in [0.15, 0.2) is 11.5 Å². The lowest BCUT2D eigenvalue weighted by atomic mass is 10.2. The SMILES string of the molecule is C/C=C/C(=O)NCc1ccc2c(c1)OCO2. The molecule has 0 unspecified atom stereocenters. The maximum absolute atomic E-state index is 11.2. The molecule has 0 spiro atoms. The molecule has 0 atom stereocenters. The third-order valence-electron chi connectivity index (χ3n) is 2.22. The lowest BCUT2D eigenvalue weighted by Gasteiger charge is -2.03. The lowest BCUT2D eigenvalue weighted by Crippen LogP contribution is -2.20. The molecule has 0 saturated carbocycles. The molecule has 0 aromatic heterocycles. The van der Waals surface area contributed by atoms with Crippen molar-refractivity contribution in [3.63, 3.8) is 0 Å². The molecule has 0 fully saturated rings. The van der Waals surface area contributed by atoms with Crippen LogP contribution in [0.3, 0.4) is 0 Å². The zero-order valence-electron chi connectivity index (χ0n) is 9.03. The van der Waals surface area contributed by atoms with Crippen molar-refractivity contribution in [2.24, 2.45) is 0 Å². The first-order chi connectivity index (χ1) is 7.79. The van der Waals surface area contributed by atoms with Crippen molar-refractivity contribution < 1.29 is 14.3 Å². The van der Waals surface area contributed by atoms with Crippen LogP contribution in [-0.4, -0.2) is 12.7 Å². The van der Waals surface area contributed by atoms with E-state index < -0.39 is 0 Å². The quantitative estimate of drug-likeness (QED) is 0.785. The normalized spacial score (nSPS) is 13.1. The minimum absolute atomic E-state index is 0.0971. The first-order valence-electron chi connectivity index (χ1n) is 5.08. The summed E-state index contributed by atoms with van der Waals surface area (Å²) in [6.45, 7) is 2.56. The summed E-state index contributed by atoms with van der Waals surface area (Å²) in [4.78, 5) is 11.2. The largest absolute Gasteiger partial charge is 0.454 e. The fourth-order valence-corrected chi connectivity index (χ4v) is 1.45. The molecule has 0 saturated heterocycles. The molecule has 1 amide bonds. The molecular weight excluding hydrogens is 206 g/mol. The summed E-state index contributed by atoms with van der Waals surface area (Å²) >= 11 is 0. The van der Waals surface area contributed by atoms with Crippen molar-refractivity contribution >= 4 is 5.91 Å². The number of fused-ring (bicyclic) bond motifs is 1. The van der Waals surface area contributed by atoms with E-state index in [1.165, 1.54) is 6.08 Å². The molecule has 2 rings (SSSR count). The third-order valence-corrected chi connectivity index (χ3v) is 2.22. The molecule has 4 nitrogen and oxygen atoms in total. The van der Waals surface area contributed by atoms with Crippen molar-refractivity contribution in [2.45, 2.75) is 13.5 Å². The third kappa shape index (κ3) is 2.34. The van der Waals surface area contributed by atoms with E-state index in [2.05, 4.69) is 5.32 Å². The summed E-state index contributed by atoms with van der Waals surface area (Å²) in [6, 6.07) is 5.63. The van der Waals surface area contributed by atoms with Gasteiger partial charge in [0.05, 0.1) is 0 Å². The monoisotopic (exact) mass is 219 g/mol. The second-order valence-corrected chi connectivity index (χ2v) is 3.41. The fourth-order valence-electron chi connectivity index (χ4n) is 1.45. The topological polar surface area (TPSA) is 47.6 Å². The predicted molar refractivity (Wildman–Crippen MR) is 59.2 cm³/mol. The Kier molecular flexibility index (Phi) is 3.10. The van der Waals surface area contributed by atoms with Crippen molar-refractivity contribution in [1.82, 2.24) is 5.32 Å². The Hall–Kier alpha value is -1.97. The number of amides is 1. The summed E-state index contributed by atoms with van der Waals surface area (Å²) in [5.41, 5.74) is 0.988. The molecule has 0 radical (unpaired) electrons. The zero-order valence-corrected chi connectivity index (χ0v) is 9.03. The van der Waals surface area contributed by atoms with Crippen LogP contribution in [0.25, 0.3) is 0 Å². The van der Waals surface area contributed by atoms with Crippen LogP contribution in [-0.2, 0) is 11.3 Å². The maximum atomic E-state index is 11.2. The van der Waals surface area contributed by atoms with E-state index in [0.29, 0.717) is 6.54 Å². The van der Waals surface area contributed by atoms with Gasteiger partial charge in [-0.25, -0.2) is 0 Å². The Labute approximate surface area is 93.9 Å². The molecule has 1 aromatic carbocycles. The molecule has 4 heteroatoms. The number of hydrogen-bond donors (Lipinski definition) is 1. The van der Waals surface area contributed by atoms with Crippen LogP contribution in [0.15, 0.2) is 30.4 Å². The molecule has 0 bridgehead atoms. The highest BCUT2D eigenvalue weighted by Gasteiger charge is 2.12. The van der Waals surface area contributed by atoms with Gasteiger partial charge in [-0.05, 0) is 30.7 Å². The van der Waals surface area contributed by atoms with Gasteiger partial charge in [-0.2, -0.15) is 0 Å². The summed E-state index contributed by atoms with van der Waals surface area (Å²) in [5.74, 6) is 1.39. The molecule has 1 N–H and O–H groups in total. The summed E-state index contributed by atoms with van der Waals surface area (Å²) in [6.07, 6.45) is 3.20. The van der Waals surface area contributed by atoms with Crippen LogP contribution in [0.2, 0.25) is 0 Å². The Bertz CT molecular complexity index is 426. The van der Waals surface area contributed by atoms with Gasteiger partial charge in [-0.1, -0.05) is 12.1 Å². The van der Waals surface area contributed by atoms with Crippen LogP contribution >= 0.6 is 0 Å². The van der Waals surface area contributed by atoms with Gasteiger partial charge in [0.25, 0.3) is 0 Å². The number of hydrogen-bond acceptors (Lipinski definition) is 3. The van der Waals surface area contributed by atoms with Crippen molar-refractivity contribution in [3.05, 3.63) is 35.9 Å². The Morgan fingerprint density at radius 3 is 3.06 bits per heavy atom. The number of ether oxygens (including phenoxy) is 2. The second kappa shape index (κ2) is 4.70. The highest BCUT2D eigenvalue weighted by Crippen LogP contribution is 2.32. The number of carbonyl (C=O) groups excluding carboxylic acids is 1. The van der Waals surface area contributed by atoms with Crippen LogP contribution in [0.5, 0.6) is 11.5 Å². The Morgan fingerprint density at radius 1 is 1.44 bits per heavy atom. The average Bonchev–Trinajstić information content (AvgIpc) is 2.74. The summed E-state index contributed by atoms with van der Waals surface area (Å²) in [7, 11) is 0. The Balaban J connectivity index is 1.98. The van der Waals surface area contributed by atoms with E-state index in [9.17, 15) is 4.79 Å². The van der Waals surface area contributed by atoms with Gasteiger partial charge in [0.2, 0.25) is 12.7 Å². The van der Waals surface area contributed by atoms with Crippen LogP contribution in [0.1, 0.15) is 12.5 Å². The molecule has 1 heterocycles. The Morgan fingerprint density at radius 2 is 2.25 bits per heavy atom. The first kappa shape index (κ1) is 10.5. The van der Waals surface area contributed by atoms with Crippen LogP contribution < -0.4 is 14.8 Å². The first-order valence-corrected chi connectivity index (χ1v) is 5.08. The van der Waals surface area contributed by atoms with Gasteiger partial charge in [0, 0.05) is 6.54 Å². The van der Waals surface area contributed by atoms with Gasteiger partial charge in [-0.3, -0.25) is 4.79 Å². The fraction of sp³-hybridized carbons (Fsp3) is 0.250. The minimum atomic E-state index is -0.0971. The highest BCUT2D eigenvalue weighted by molar-refractivity contribution is 5.87. The number of benzene rings is 1. The van der Waals surface area contributed by atoms with E-state index in [1.54, 1.807) is 13.0 Å². The van der Waals surface area contributed by atoms with E-state index in [-0.39, 0.29) is 12.7 Å². The standard InChI is InChI=1S/C12H13NO3/c1-2-3-12(14)13-7-9-4-5-10-11(6-9)16-8-15-10/h2-6H,7-8H2,1H3,(H,13,14)/b3-2+. The number of carbonyl (C=O) groups is 1. The van der Waals surface area contributed by atoms with E-state index in [1.807, 2.05) is 18.2 Å².